The van der Waals surface area contributed by atoms with Crippen molar-refractivity contribution in [1.29, 1.82) is 0 Å². The fraction of sp³-hybridized carbons (Fsp3) is 0.333. The normalized spacial score (nSPS) is 17.6. The zero-order chi connectivity index (χ0) is 24.9. The summed E-state index contributed by atoms with van der Waals surface area (Å²) in [6.07, 6.45) is 3.76. The van der Waals surface area contributed by atoms with Crippen molar-refractivity contribution in [3.05, 3.63) is 60.8 Å². The summed E-state index contributed by atoms with van der Waals surface area (Å²) in [6, 6.07) is 17.6. The van der Waals surface area contributed by atoms with Crippen LogP contribution >= 0.6 is 0 Å². The predicted octanol–water partition coefficient (Wildman–Crippen LogP) is 3.25. The maximum absolute atomic E-state index is 12.6. The quantitative estimate of drug-likeness (QED) is 0.493. The van der Waals surface area contributed by atoms with Crippen LogP contribution in [0.3, 0.4) is 0 Å². The van der Waals surface area contributed by atoms with E-state index in [0.29, 0.717) is 5.95 Å². The van der Waals surface area contributed by atoms with E-state index >= 15 is 0 Å². The predicted molar refractivity (Wildman–Crippen MR) is 141 cm³/mol. The highest BCUT2D eigenvalue weighted by Crippen LogP contribution is 2.24. The van der Waals surface area contributed by atoms with Crippen LogP contribution in [0.1, 0.15) is 19.8 Å². The molecule has 0 aliphatic carbocycles. The lowest BCUT2D eigenvalue weighted by Crippen LogP contribution is -2.53. The lowest BCUT2D eigenvalue weighted by Gasteiger charge is -2.37. The van der Waals surface area contributed by atoms with Crippen LogP contribution in [0, 0.1) is 0 Å². The first kappa shape index (κ1) is 23.7. The molecule has 2 saturated heterocycles. The molecule has 186 valence electrons. The minimum Gasteiger partial charge on any atom is -0.368 e. The highest BCUT2D eigenvalue weighted by molar-refractivity contribution is 5.89. The van der Waals surface area contributed by atoms with Crippen LogP contribution in [0.15, 0.2) is 60.8 Å². The smallest absolute Gasteiger partial charge is 0.239 e. The SMILES string of the molecule is CC(=O)Nc1ccc(-c2ccnc(Nc3ccc(N4CCN(C(=O)[C@@H]5CCCN5)CC4)cc3)n2)cc1. The Hall–Kier alpha value is -3.98. The van der Waals surface area contributed by atoms with Gasteiger partial charge < -0.3 is 25.8 Å². The van der Waals surface area contributed by atoms with Crippen molar-refractivity contribution >= 4 is 34.8 Å². The molecule has 2 aromatic carbocycles. The minimum absolute atomic E-state index is 0.00531. The molecule has 5 rings (SSSR count). The Kier molecular flexibility index (Phi) is 7.08. The summed E-state index contributed by atoms with van der Waals surface area (Å²) in [5.41, 5.74) is 4.51. The molecule has 1 atom stereocenters. The van der Waals surface area contributed by atoms with Gasteiger partial charge in [0.2, 0.25) is 17.8 Å². The average Bonchev–Trinajstić information content (AvgIpc) is 3.44. The van der Waals surface area contributed by atoms with Crippen LogP contribution in [-0.4, -0.2) is 65.4 Å². The van der Waals surface area contributed by atoms with Gasteiger partial charge in [-0.25, -0.2) is 9.97 Å². The molecule has 3 N–H and O–H groups in total. The number of amides is 2. The first-order valence-electron chi connectivity index (χ1n) is 12.4. The van der Waals surface area contributed by atoms with Crippen molar-refractivity contribution in [3.8, 4) is 11.3 Å². The minimum atomic E-state index is -0.100. The number of anilines is 4. The van der Waals surface area contributed by atoms with Crippen molar-refractivity contribution in [1.82, 2.24) is 20.2 Å². The van der Waals surface area contributed by atoms with Crippen molar-refractivity contribution < 1.29 is 9.59 Å². The topological polar surface area (TPSA) is 102 Å². The van der Waals surface area contributed by atoms with Gasteiger partial charge in [-0.3, -0.25) is 9.59 Å². The Morgan fingerprint density at radius 1 is 0.944 bits per heavy atom. The molecule has 2 aliphatic heterocycles. The maximum atomic E-state index is 12.6. The van der Waals surface area contributed by atoms with Crippen LogP contribution < -0.4 is 20.9 Å². The van der Waals surface area contributed by atoms with Gasteiger partial charge >= 0.3 is 0 Å². The second kappa shape index (κ2) is 10.7. The van der Waals surface area contributed by atoms with Gasteiger partial charge in [-0.15, -0.1) is 0 Å². The van der Waals surface area contributed by atoms with Gasteiger partial charge in [-0.05, 0) is 61.9 Å². The molecule has 36 heavy (non-hydrogen) atoms. The molecule has 9 heteroatoms. The van der Waals surface area contributed by atoms with Crippen molar-refractivity contribution in [2.75, 3.05) is 48.3 Å². The van der Waals surface area contributed by atoms with Crippen molar-refractivity contribution in [2.45, 2.75) is 25.8 Å². The molecular formula is C27H31N7O2. The van der Waals surface area contributed by atoms with Gasteiger partial charge in [0.25, 0.3) is 0 Å². The number of carbonyl (C=O) groups excluding carboxylic acids is 2. The molecule has 3 heterocycles. The molecule has 2 aliphatic rings. The Morgan fingerprint density at radius 3 is 2.33 bits per heavy atom. The molecule has 0 bridgehead atoms. The van der Waals surface area contributed by atoms with E-state index in [1.165, 1.54) is 6.92 Å². The highest BCUT2D eigenvalue weighted by Gasteiger charge is 2.29. The number of hydrogen-bond acceptors (Lipinski definition) is 7. The summed E-state index contributed by atoms with van der Waals surface area (Å²) in [7, 11) is 0. The van der Waals surface area contributed by atoms with Crippen LogP contribution in [0.25, 0.3) is 11.3 Å². The Labute approximate surface area is 210 Å². The number of nitrogens with zero attached hydrogens (tertiary/aromatic N) is 4. The number of piperazine rings is 1. The van der Waals surface area contributed by atoms with Crippen LogP contribution in [-0.2, 0) is 9.59 Å². The van der Waals surface area contributed by atoms with E-state index in [1.54, 1.807) is 6.20 Å². The number of benzene rings is 2. The number of nitrogens with one attached hydrogen (secondary N) is 3. The summed E-state index contributed by atoms with van der Waals surface area (Å²) in [6.45, 7) is 5.60. The summed E-state index contributed by atoms with van der Waals surface area (Å²) < 4.78 is 0. The van der Waals surface area contributed by atoms with Crippen LogP contribution in [0.5, 0.6) is 0 Å². The first-order chi connectivity index (χ1) is 17.5. The zero-order valence-electron chi connectivity index (χ0n) is 20.4. The lowest BCUT2D eigenvalue weighted by atomic mass is 10.1. The number of hydrogen-bond donors (Lipinski definition) is 3. The second-order valence-corrected chi connectivity index (χ2v) is 9.16. The van der Waals surface area contributed by atoms with Gasteiger partial charge in [0.15, 0.2) is 0 Å². The molecule has 0 spiro atoms. The lowest BCUT2D eigenvalue weighted by molar-refractivity contribution is -0.133. The van der Waals surface area contributed by atoms with Gasteiger partial charge in [-0.1, -0.05) is 12.1 Å². The van der Waals surface area contributed by atoms with E-state index in [4.69, 9.17) is 0 Å². The number of aromatic nitrogens is 2. The molecule has 0 saturated carbocycles. The fourth-order valence-corrected chi connectivity index (χ4v) is 4.69. The highest BCUT2D eigenvalue weighted by atomic mass is 16.2. The molecule has 9 nitrogen and oxygen atoms in total. The van der Waals surface area contributed by atoms with Gasteiger partial charge in [-0.2, -0.15) is 0 Å². The molecule has 1 aromatic heterocycles. The van der Waals surface area contributed by atoms with E-state index in [-0.39, 0.29) is 17.9 Å². The van der Waals surface area contributed by atoms with Crippen LogP contribution in [0.2, 0.25) is 0 Å². The molecule has 3 aromatic rings. The maximum Gasteiger partial charge on any atom is 0.239 e. The summed E-state index contributed by atoms with van der Waals surface area (Å²) in [5.74, 6) is 0.660. The van der Waals surface area contributed by atoms with E-state index < -0.39 is 0 Å². The fourth-order valence-electron chi connectivity index (χ4n) is 4.69. The summed E-state index contributed by atoms with van der Waals surface area (Å²) in [4.78, 5) is 37.2. The Bertz CT molecular complexity index is 1200. The zero-order valence-corrected chi connectivity index (χ0v) is 20.4. The Morgan fingerprint density at radius 2 is 1.67 bits per heavy atom. The van der Waals surface area contributed by atoms with Crippen molar-refractivity contribution in [2.24, 2.45) is 0 Å². The molecular weight excluding hydrogens is 454 g/mol. The van der Waals surface area contributed by atoms with Crippen molar-refractivity contribution in [3.63, 3.8) is 0 Å². The second-order valence-electron chi connectivity index (χ2n) is 9.16. The van der Waals surface area contributed by atoms with E-state index in [2.05, 4.69) is 43.0 Å². The first-order valence-corrected chi connectivity index (χ1v) is 12.4. The third-order valence-corrected chi connectivity index (χ3v) is 6.59. The standard InChI is InChI=1S/C27H31N7O2/c1-19(35)30-21-6-4-20(5-7-21)24-12-14-29-27(32-24)31-22-8-10-23(11-9-22)33-15-17-34(18-16-33)26(36)25-3-2-13-28-25/h4-12,14,25,28H,2-3,13,15-18H2,1H3,(H,30,35)(H,29,31,32)/t25-/m0/s1. The van der Waals surface area contributed by atoms with E-state index in [9.17, 15) is 9.59 Å². The monoisotopic (exact) mass is 485 g/mol. The molecule has 0 radical (unpaired) electrons. The Balaban J connectivity index is 1.18. The molecule has 2 fully saturated rings. The summed E-state index contributed by atoms with van der Waals surface area (Å²) in [5, 5.41) is 9.35. The van der Waals surface area contributed by atoms with E-state index in [1.807, 2.05) is 47.4 Å². The average molecular weight is 486 g/mol. The van der Waals surface area contributed by atoms with E-state index in [0.717, 1.165) is 73.9 Å². The molecule has 0 unspecified atom stereocenters. The van der Waals surface area contributed by atoms with Crippen LogP contribution in [0.4, 0.5) is 23.0 Å². The third-order valence-electron chi connectivity index (χ3n) is 6.59. The third kappa shape index (κ3) is 5.63. The van der Waals surface area contributed by atoms with Gasteiger partial charge in [0.05, 0.1) is 11.7 Å². The van der Waals surface area contributed by atoms with Gasteiger partial charge in [0, 0.05) is 61.9 Å². The summed E-state index contributed by atoms with van der Waals surface area (Å²) >= 11 is 0. The molecule has 2 amide bonds. The van der Waals surface area contributed by atoms with Gasteiger partial charge in [0.1, 0.15) is 0 Å². The number of carbonyl (C=O) groups is 2. The largest absolute Gasteiger partial charge is 0.368 e. The number of rotatable bonds is 6.